The summed E-state index contributed by atoms with van der Waals surface area (Å²) >= 11 is 0. The third kappa shape index (κ3) is 7.85. The van der Waals surface area contributed by atoms with Crippen LogP contribution < -0.4 is 5.73 Å². The Morgan fingerprint density at radius 3 is 2.25 bits per heavy atom. The molecule has 0 aromatic carbocycles. The quantitative estimate of drug-likeness (QED) is 0.542. The van der Waals surface area contributed by atoms with E-state index in [2.05, 4.69) is 13.8 Å². The summed E-state index contributed by atoms with van der Waals surface area (Å²) in [5.74, 6) is 0.252. The van der Waals surface area contributed by atoms with Crippen LogP contribution in [0, 0.1) is 5.92 Å². The van der Waals surface area contributed by atoms with E-state index in [1.54, 1.807) is 0 Å². The highest BCUT2D eigenvalue weighted by Crippen LogP contribution is 2.11. The summed E-state index contributed by atoms with van der Waals surface area (Å²) in [4.78, 5) is 14.2. The molecule has 4 nitrogen and oxygen atoms in total. The maximum absolute atomic E-state index is 12.4. The predicted octanol–water partition coefficient (Wildman–Crippen LogP) is 2.54. The highest BCUT2D eigenvalue weighted by Gasteiger charge is 2.24. The molecule has 4 heteroatoms. The summed E-state index contributed by atoms with van der Waals surface area (Å²) in [5, 5.41) is 8.96. The molecular formula is C16H34N2O2. The molecule has 0 fully saturated rings. The molecule has 0 aliphatic carbocycles. The summed E-state index contributed by atoms with van der Waals surface area (Å²) in [7, 11) is 0. The van der Waals surface area contributed by atoms with Gasteiger partial charge in [-0.05, 0) is 18.8 Å². The number of nitrogens with zero attached hydrogens (tertiary/aromatic N) is 1. The van der Waals surface area contributed by atoms with Gasteiger partial charge in [0.25, 0.3) is 0 Å². The molecule has 0 saturated carbocycles. The van der Waals surface area contributed by atoms with Crippen molar-refractivity contribution in [2.24, 2.45) is 11.7 Å². The number of hydrogen-bond acceptors (Lipinski definition) is 3. The van der Waals surface area contributed by atoms with Crippen LogP contribution in [-0.2, 0) is 4.79 Å². The van der Waals surface area contributed by atoms with Crippen molar-refractivity contribution in [3.63, 3.8) is 0 Å². The van der Waals surface area contributed by atoms with Gasteiger partial charge in [-0.25, -0.2) is 0 Å². The monoisotopic (exact) mass is 286 g/mol. The van der Waals surface area contributed by atoms with E-state index in [4.69, 9.17) is 10.8 Å². The fourth-order valence-corrected chi connectivity index (χ4v) is 2.21. The van der Waals surface area contributed by atoms with Gasteiger partial charge in [-0.3, -0.25) is 4.79 Å². The fourth-order valence-electron chi connectivity index (χ4n) is 2.21. The molecule has 3 N–H and O–H groups in total. The van der Waals surface area contributed by atoms with Crippen LogP contribution >= 0.6 is 0 Å². The molecule has 0 spiro atoms. The maximum atomic E-state index is 12.4. The normalized spacial score (nSPS) is 14.1. The molecule has 0 radical (unpaired) electrons. The lowest BCUT2D eigenvalue weighted by molar-refractivity contribution is -0.134. The number of amides is 1. The molecule has 0 bridgehead atoms. The Hall–Kier alpha value is -0.610. The average Bonchev–Trinajstić information content (AvgIpc) is 2.47. The first-order valence-corrected chi connectivity index (χ1v) is 8.23. The number of carbonyl (C=O) groups excluding carboxylic acids is 1. The highest BCUT2D eigenvalue weighted by atomic mass is 16.3. The van der Waals surface area contributed by atoms with Crippen LogP contribution in [0.3, 0.4) is 0 Å². The van der Waals surface area contributed by atoms with Crippen molar-refractivity contribution in [2.75, 3.05) is 19.7 Å². The van der Waals surface area contributed by atoms with E-state index in [1.165, 1.54) is 19.3 Å². The second-order valence-corrected chi connectivity index (χ2v) is 5.73. The number of nitrogens with two attached hydrogens (primary N) is 1. The first kappa shape index (κ1) is 19.4. The summed E-state index contributed by atoms with van der Waals surface area (Å²) in [6, 6.07) is -0.408. The van der Waals surface area contributed by atoms with E-state index < -0.39 is 6.04 Å². The molecule has 0 aromatic heterocycles. The smallest absolute Gasteiger partial charge is 0.239 e. The van der Waals surface area contributed by atoms with E-state index in [1.807, 2.05) is 11.8 Å². The average molecular weight is 286 g/mol. The number of aliphatic hydroxyl groups is 1. The molecule has 0 aliphatic heterocycles. The maximum Gasteiger partial charge on any atom is 0.239 e. The van der Waals surface area contributed by atoms with Crippen LogP contribution in [0.5, 0.6) is 0 Å². The Labute approximate surface area is 124 Å². The number of hydrogen-bond donors (Lipinski definition) is 2. The predicted molar refractivity (Wildman–Crippen MR) is 84.5 cm³/mol. The first-order valence-electron chi connectivity index (χ1n) is 8.23. The molecule has 2 atom stereocenters. The Morgan fingerprint density at radius 2 is 1.70 bits per heavy atom. The number of unbranched alkanes of at least 4 members (excludes halogenated alkanes) is 4. The Kier molecular flexibility index (Phi) is 11.8. The summed E-state index contributed by atoms with van der Waals surface area (Å²) in [6.45, 7) is 7.79. The van der Waals surface area contributed by atoms with Crippen molar-refractivity contribution >= 4 is 5.91 Å². The number of carbonyl (C=O) groups is 1. The van der Waals surface area contributed by atoms with Crippen molar-refractivity contribution < 1.29 is 9.90 Å². The van der Waals surface area contributed by atoms with Gasteiger partial charge in [-0.2, -0.15) is 0 Å². The first-order chi connectivity index (χ1) is 9.58. The van der Waals surface area contributed by atoms with Crippen LogP contribution in [0.15, 0.2) is 0 Å². The fraction of sp³-hybridized carbons (Fsp3) is 0.938. The largest absolute Gasteiger partial charge is 0.396 e. The van der Waals surface area contributed by atoms with Gasteiger partial charge in [0.05, 0.1) is 6.04 Å². The van der Waals surface area contributed by atoms with Crippen molar-refractivity contribution in [3.05, 3.63) is 0 Å². The molecule has 2 unspecified atom stereocenters. The van der Waals surface area contributed by atoms with Crippen LogP contribution in [0.1, 0.15) is 65.7 Å². The highest BCUT2D eigenvalue weighted by molar-refractivity contribution is 5.81. The number of aliphatic hydroxyl groups excluding tert-OH is 1. The molecule has 0 aliphatic rings. The molecule has 1 amide bonds. The van der Waals surface area contributed by atoms with Gasteiger partial charge >= 0.3 is 0 Å². The topological polar surface area (TPSA) is 66.6 Å². The Bertz CT molecular complexity index is 247. The van der Waals surface area contributed by atoms with E-state index in [0.717, 1.165) is 25.8 Å². The van der Waals surface area contributed by atoms with E-state index in [9.17, 15) is 4.79 Å². The van der Waals surface area contributed by atoms with Gasteiger partial charge in [-0.1, -0.05) is 52.9 Å². The van der Waals surface area contributed by atoms with E-state index in [-0.39, 0.29) is 18.4 Å². The summed E-state index contributed by atoms with van der Waals surface area (Å²) < 4.78 is 0. The van der Waals surface area contributed by atoms with Crippen LogP contribution in [0.2, 0.25) is 0 Å². The molecule has 120 valence electrons. The van der Waals surface area contributed by atoms with Gasteiger partial charge in [0.1, 0.15) is 0 Å². The third-order valence-electron chi connectivity index (χ3n) is 3.97. The molecular weight excluding hydrogens is 252 g/mol. The van der Waals surface area contributed by atoms with Gasteiger partial charge in [0.2, 0.25) is 5.91 Å². The molecule has 0 rings (SSSR count). The zero-order valence-corrected chi connectivity index (χ0v) is 13.6. The molecule has 0 aromatic rings. The minimum Gasteiger partial charge on any atom is -0.396 e. The molecule has 0 saturated heterocycles. The third-order valence-corrected chi connectivity index (χ3v) is 3.97. The second kappa shape index (κ2) is 12.2. The molecule has 20 heavy (non-hydrogen) atoms. The zero-order valence-electron chi connectivity index (χ0n) is 13.6. The lowest BCUT2D eigenvalue weighted by Crippen LogP contribution is -2.47. The minimum atomic E-state index is -0.408. The van der Waals surface area contributed by atoms with Gasteiger partial charge in [0.15, 0.2) is 0 Å². The van der Waals surface area contributed by atoms with E-state index >= 15 is 0 Å². The Balaban J connectivity index is 4.27. The standard InChI is InChI=1S/C16H34N2O2/c1-4-6-7-8-9-11-18(12-10-13-19)16(20)15(17)14(3)5-2/h14-15,19H,4-13,17H2,1-3H3. The van der Waals surface area contributed by atoms with Gasteiger partial charge in [0, 0.05) is 19.7 Å². The second-order valence-electron chi connectivity index (χ2n) is 5.73. The van der Waals surface area contributed by atoms with Gasteiger partial charge < -0.3 is 15.7 Å². The van der Waals surface area contributed by atoms with Gasteiger partial charge in [-0.15, -0.1) is 0 Å². The van der Waals surface area contributed by atoms with Crippen molar-refractivity contribution in [1.29, 1.82) is 0 Å². The SMILES string of the molecule is CCCCCCCN(CCCO)C(=O)C(N)C(C)CC. The van der Waals surface area contributed by atoms with Crippen molar-refractivity contribution in [2.45, 2.75) is 71.8 Å². The minimum absolute atomic E-state index is 0.0447. The lowest BCUT2D eigenvalue weighted by atomic mass is 9.98. The Morgan fingerprint density at radius 1 is 1.10 bits per heavy atom. The van der Waals surface area contributed by atoms with Crippen molar-refractivity contribution in [1.82, 2.24) is 4.90 Å². The molecule has 0 heterocycles. The van der Waals surface area contributed by atoms with E-state index in [0.29, 0.717) is 13.0 Å². The summed E-state index contributed by atoms with van der Waals surface area (Å²) in [6.07, 6.45) is 7.46. The van der Waals surface area contributed by atoms with Crippen LogP contribution in [0.4, 0.5) is 0 Å². The van der Waals surface area contributed by atoms with Crippen molar-refractivity contribution in [3.8, 4) is 0 Å². The number of rotatable bonds is 12. The summed E-state index contributed by atoms with van der Waals surface area (Å²) in [5.41, 5.74) is 6.04. The van der Waals surface area contributed by atoms with Crippen LogP contribution in [0.25, 0.3) is 0 Å². The zero-order chi connectivity index (χ0) is 15.4. The van der Waals surface area contributed by atoms with Crippen LogP contribution in [-0.4, -0.2) is 41.7 Å². The lowest BCUT2D eigenvalue weighted by Gasteiger charge is -2.28.